The van der Waals surface area contributed by atoms with Crippen LogP contribution in [0, 0.1) is 5.92 Å². The van der Waals surface area contributed by atoms with Crippen LogP contribution in [0.15, 0.2) is 78.9 Å². The fraction of sp³-hybridized carbons (Fsp3) is 0.367. The summed E-state index contributed by atoms with van der Waals surface area (Å²) in [5.74, 6) is 1.25. The third kappa shape index (κ3) is 8.36. The second-order valence-corrected chi connectivity index (χ2v) is 9.38. The summed E-state index contributed by atoms with van der Waals surface area (Å²) in [5, 5.41) is 10.3. The lowest BCUT2D eigenvalue weighted by Crippen LogP contribution is -2.47. The Hall–Kier alpha value is -3.47. The summed E-state index contributed by atoms with van der Waals surface area (Å²) in [6.45, 7) is 7.11. The first-order chi connectivity index (χ1) is 17.0. The van der Waals surface area contributed by atoms with Crippen molar-refractivity contribution in [3.05, 3.63) is 78.9 Å². The molecule has 5 nitrogen and oxygen atoms in total. The molecule has 35 heavy (non-hydrogen) atoms. The summed E-state index contributed by atoms with van der Waals surface area (Å²) in [6, 6.07) is 26.2. The highest BCUT2D eigenvalue weighted by Gasteiger charge is 2.22. The molecule has 0 radical (unpaired) electrons. The van der Waals surface area contributed by atoms with E-state index in [0.29, 0.717) is 12.5 Å². The Labute approximate surface area is 210 Å². The highest BCUT2D eigenvalue weighted by Crippen LogP contribution is 2.23. The standard InChI is InChI=1S/C30H39N3O2/c1-5-10-27(21-31-25-15-17-28(35-4)18-16-25)33-30(34)29(19-22(2)3)32-26-14-9-13-24(20-26)23-11-7-6-8-12-23/h6-9,11-18,20,22,27,29,31-32H,5,10,19,21H2,1-4H3,(H,33,34)/t27-,29-/m0/s1. The first-order valence-corrected chi connectivity index (χ1v) is 12.6. The van der Waals surface area contributed by atoms with Gasteiger partial charge in [-0.15, -0.1) is 0 Å². The Balaban J connectivity index is 1.67. The lowest BCUT2D eigenvalue weighted by molar-refractivity contribution is -0.122. The number of carbonyl (C=O) groups is 1. The quantitative estimate of drug-likeness (QED) is 0.262. The Morgan fingerprint density at radius 2 is 1.60 bits per heavy atom. The van der Waals surface area contributed by atoms with Gasteiger partial charge >= 0.3 is 0 Å². The van der Waals surface area contributed by atoms with Crippen molar-refractivity contribution in [3.8, 4) is 16.9 Å². The molecular weight excluding hydrogens is 434 g/mol. The van der Waals surface area contributed by atoms with Crippen LogP contribution in [0.4, 0.5) is 11.4 Å². The van der Waals surface area contributed by atoms with E-state index in [4.69, 9.17) is 4.74 Å². The van der Waals surface area contributed by atoms with Crippen molar-refractivity contribution < 1.29 is 9.53 Å². The minimum absolute atomic E-state index is 0.0406. The minimum Gasteiger partial charge on any atom is -0.497 e. The largest absolute Gasteiger partial charge is 0.497 e. The summed E-state index contributed by atoms with van der Waals surface area (Å²) in [5.41, 5.74) is 4.26. The van der Waals surface area contributed by atoms with Crippen LogP contribution in [-0.4, -0.2) is 31.6 Å². The van der Waals surface area contributed by atoms with Crippen LogP contribution >= 0.6 is 0 Å². The number of carbonyl (C=O) groups excluding carboxylic acids is 1. The van der Waals surface area contributed by atoms with Gasteiger partial charge in [0, 0.05) is 24.0 Å². The zero-order valence-electron chi connectivity index (χ0n) is 21.4. The van der Waals surface area contributed by atoms with Crippen LogP contribution < -0.4 is 20.7 Å². The molecule has 0 aliphatic rings. The molecule has 0 aliphatic carbocycles. The number of benzene rings is 3. The van der Waals surface area contributed by atoms with Crippen molar-refractivity contribution in [2.45, 2.75) is 52.1 Å². The monoisotopic (exact) mass is 473 g/mol. The van der Waals surface area contributed by atoms with Gasteiger partial charge in [0.1, 0.15) is 11.8 Å². The van der Waals surface area contributed by atoms with E-state index >= 15 is 0 Å². The van der Waals surface area contributed by atoms with E-state index in [0.717, 1.165) is 47.5 Å². The molecule has 0 aliphatic heterocycles. The van der Waals surface area contributed by atoms with Gasteiger partial charge in [0.05, 0.1) is 7.11 Å². The molecule has 0 spiro atoms. The Morgan fingerprint density at radius 1 is 0.886 bits per heavy atom. The Kier molecular flexibility index (Phi) is 10.0. The van der Waals surface area contributed by atoms with Crippen molar-refractivity contribution in [2.24, 2.45) is 5.92 Å². The van der Waals surface area contributed by atoms with Crippen molar-refractivity contribution in [3.63, 3.8) is 0 Å². The average Bonchev–Trinajstić information content (AvgIpc) is 2.87. The van der Waals surface area contributed by atoms with E-state index < -0.39 is 0 Å². The van der Waals surface area contributed by atoms with Gasteiger partial charge in [-0.05, 0) is 66.3 Å². The number of amides is 1. The van der Waals surface area contributed by atoms with E-state index in [1.54, 1.807) is 7.11 Å². The predicted octanol–water partition coefficient (Wildman–Crippen LogP) is 6.59. The van der Waals surface area contributed by atoms with Crippen LogP contribution in [0.2, 0.25) is 0 Å². The van der Waals surface area contributed by atoms with Crippen molar-refractivity contribution in [2.75, 3.05) is 24.3 Å². The third-order valence-corrected chi connectivity index (χ3v) is 5.96. The second kappa shape index (κ2) is 13.4. The van der Waals surface area contributed by atoms with E-state index in [-0.39, 0.29) is 18.0 Å². The summed E-state index contributed by atoms with van der Waals surface area (Å²) >= 11 is 0. The Bertz CT molecular complexity index is 1030. The molecule has 0 unspecified atom stereocenters. The molecule has 3 rings (SSSR count). The van der Waals surface area contributed by atoms with E-state index in [1.807, 2.05) is 54.6 Å². The van der Waals surface area contributed by atoms with Crippen LogP contribution in [0.3, 0.4) is 0 Å². The maximum absolute atomic E-state index is 13.4. The highest BCUT2D eigenvalue weighted by atomic mass is 16.5. The molecule has 0 aromatic heterocycles. The molecule has 1 amide bonds. The van der Waals surface area contributed by atoms with Crippen LogP contribution in [0.1, 0.15) is 40.0 Å². The SMILES string of the molecule is CCC[C@@H](CNc1ccc(OC)cc1)NC(=O)[C@H](CC(C)C)Nc1cccc(-c2ccccc2)c1. The van der Waals surface area contributed by atoms with Crippen molar-refractivity contribution >= 4 is 17.3 Å². The summed E-state index contributed by atoms with van der Waals surface area (Å²) in [6.07, 6.45) is 2.66. The number of hydrogen-bond acceptors (Lipinski definition) is 4. The molecule has 2 atom stereocenters. The first-order valence-electron chi connectivity index (χ1n) is 12.6. The van der Waals surface area contributed by atoms with Gasteiger partial charge in [0.25, 0.3) is 0 Å². The maximum atomic E-state index is 13.4. The number of methoxy groups -OCH3 is 1. The number of rotatable bonds is 13. The lowest BCUT2D eigenvalue weighted by atomic mass is 10.0. The topological polar surface area (TPSA) is 62.4 Å². The zero-order valence-corrected chi connectivity index (χ0v) is 21.4. The number of anilines is 2. The molecule has 5 heteroatoms. The van der Waals surface area contributed by atoms with Crippen LogP contribution in [0.25, 0.3) is 11.1 Å². The van der Waals surface area contributed by atoms with Gasteiger partial charge in [-0.2, -0.15) is 0 Å². The normalized spacial score (nSPS) is 12.6. The van der Waals surface area contributed by atoms with E-state index in [9.17, 15) is 4.79 Å². The molecule has 3 N–H and O–H groups in total. The summed E-state index contributed by atoms with van der Waals surface area (Å²) in [7, 11) is 1.66. The molecule has 3 aromatic rings. The van der Waals surface area contributed by atoms with Crippen LogP contribution in [0.5, 0.6) is 5.75 Å². The van der Waals surface area contributed by atoms with Crippen molar-refractivity contribution in [1.82, 2.24) is 5.32 Å². The highest BCUT2D eigenvalue weighted by molar-refractivity contribution is 5.85. The van der Waals surface area contributed by atoms with E-state index in [1.165, 1.54) is 0 Å². The van der Waals surface area contributed by atoms with Gasteiger partial charge < -0.3 is 20.7 Å². The third-order valence-electron chi connectivity index (χ3n) is 5.96. The first kappa shape index (κ1) is 26.1. The van der Waals surface area contributed by atoms with E-state index in [2.05, 4.69) is 61.0 Å². The molecule has 186 valence electrons. The van der Waals surface area contributed by atoms with Gasteiger partial charge in [-0.25, -0.2) is 0 Å². The molecule has 0 heterocycles. The van der Waals surface area contributed by atoms with Gasteiger partial charge in [0.2, 0.25) is 5.91 Å². The lowest BCUT2D eigenvalue weighted by Gasteiger charge is -2.26. The Morgan fingerprint density at radius 3 is 2.26 bits per heavy atom. The summed E-state index contributed by atoms with van der Waals surface area (Å²) < 4.78 is 5.23. The second-order valence-electron chi connectivity index (χ2n) is 9.38. The number of hydrogen-bond donors (Lipinski definition) is 3. The fourth-order valence-corrected chi connectivity index (χ4v) is 4.15. The summed E-state index contributed by atoms with van der Waals surface area (Å²) in [4.78, 5) is 13.4. The molecular formula is C30H39N3O2. The maximum Gasteiger partial charge on any atom is 0.242 e. The average molecular weight is 474 g/mol. The number of ether oxygens (including phenoxy) is 1. The van der Waals surface area contributed by atoms with Gasteiger partial charge in [0.15, 0.2) is 0 Å². The molecule has 3 aromatic carbocycles. The minimum atomic E-state index is -0.304. The van der Waals surface area contributed by atoms with Gasteiger partial charge in [-0.3, -0.25) is 4.79 Å². The van der Waals surface area contributed by atoms with Crippen LogP contribution in [-0.2, 0) is 4.79 Å². The fourth-order valence-electron chi connectivity index (χ4n) is 4.15. The van der Waals surface area contributed by atoms with Gasteiger partial charge in [-0.1, -0.05) is 69.7 Å². The predicted molar refractivity (Wildman–Crippen MR) is 147 cm³/mol. The zero-order chi connectivity index (χ0) is 25.0. The smallest absolute Gasteiger partial charge is 0.242 e. The molecule has 0 saturated heterocycles. The molecule has 0 saturated carbocycles. The number of nitrogens with one attached hydrogen (secondary N) is 3. The molecule has 0 bridgehead atoms. The van der Waals surface area contributed by atoms with Crippen molar-refractivity contribution in [1.29, 1.82) is 0 Å². The molecule has 0 fully saturated rings.